The molecule has 0 saturated heterocycles. The first kappa shape index (κ1) is 9.79. The van der Waals surface area contributed by atoms with Gasteiger partial charge in [-0.15, -0.1) is 0 Å². The lowest BCUT2D eigenvalue weighted by molar-refractivity contribution is 1.17. The van der Waals surface area contributed by atoms with Crippen LogP contribution in [-0.4, -0.2) is 4.98 Å². The zero-order chi connectivity index (χ0) is 9.30. The van der Waals surface area contributed by atoms with Gasteiger partial charge in [-0.05, 0) is 22.9 Å². The Morgan fingerprint density at radius 1 is 1.50 bits per heavy atom. The van der Waals surface area contributed by atoms with Gasteiger partial charge in [0.25, 0.3) is 0 Å². The maximum absolute atomic E-state index is 8.68. The summed E-state index contributed by atoms with van der Waals surface area (Å²) >= 11 is 14.6. The average molecular weight is 266 g/mol. The summed E-state index contributed by atoms with van der Waals surface area (Å²) in [5, 5.41) is 9.27. The van der Waals surface area contributed by atoms with Crippen LogP contribution in [0.1, 0.15) is 11.3 Å². The van der Waals surface area contributed by atoms with E-state index in [1.54, 1.807) is 6.92 Å². The van der Waals surface area contributed by atoms with Gasteiger partial charge in [-0.25, -0.2) is 4.98 Å². The van der Waals surface area contributed by atoms with Gasteiger partial charge in [0, 0.05) is 0 Å². The fourth-order valence-corrected chi connectivity index (χ4v) is 1.57. The predicted molar refractivity (Wildman–Crippen MR) is 51.4 cm³/mol. The van der Waals surface area contributed by atoms with E-state index in [9.17, 15) is 0 Å². The fraction of sp³-hybridized carbons (Fsp3) is 0.143. The molecule has 0 aliphatic carbocycles. The molecule has 0 aliphatic heterocycles. The van der Waals surface area contributed by atoms with E-state index in [0.717, 1.165) is 0 Å². The molecule has 0 bridgehead atoms. The summed E-state index contributed by atoms with van der Waals surface area (Å²) in [5.74, 6) is 0. The second kappa shape index (κ2) is 3.61. The Labute approximate surface area is 88.2 Å². The Balaban J connectivity index is 3.54. The first-order valence-electron chi connectivity index (χ1n) is 2.99. The molecule has 0 amide bonds. The molecule has 0 fully saturated rings. The molecule has 12 heavy (non-hydrogen) atoms. The lowest BCUT2D eigenvalue weighted by Gasteiger charge is -2.02. The van der Waals surface area contributed by atoms with Crippen molar-refractivity contribution in [2.24, 2.45) is 0 Å². The van der Waals surface area contributed by atoms with Crippen LogP contribution in [0.3, 0.4) is 0 Å². The summed E-state index contributed by atoms with van der Waals surface area (Å²) in [6.45, 7) is 1.68. The normalized spacial score (nSPS) is 9.58. The van der Waals surface area contributed by atoms with Crippen LogP contribution in [0.5, 0.6) is 0 Å². The van der Waals surface area contributed by atoms with E-state index in [-0.39, 0.29) is 5.15 Å². The van der Waals surface area contributed by atoms with Crippen LogP contribution >= 0.6 is 39.1 Å². The molecule has 1 rings (SSSR count). The van der Waals surface area contributed by atoms with Crippen LogP contribution in [0.2, 0.25) is 10.2 Å². The van der Waals surface area contributed by atoms with Gasteiger partial charge < -0.3 is 0 Å². The number of pyridine rings is 1. The van der Waals surface area contributed by atoms with E-state index in [2.05, 4.69) is 20.9 Å². The maximum atomic E-state index is 8.68. The number of nitrogens with zero attached hydrogens (tertiary/aromatic N) is 2. The zero-order valence-corrected chi connectivity index (χ0v) is 9.13. The van der Waals surface area contributed by atoms with Crippen molar-refractivity contribution in [3.8, 4) is 6.07 Å². The smallest absolute Gasteiger partial charge is 0.145 e. The zero-order valence-electron chi connectivity index (χ0n) is 6.03. The monoisotopic (exact) mass is 264 g/mol. The Morgan fingerprint density at radius 3 is 2.58 bits per heavy atom. The number of rotatable bonds is 0. The third-order valence-electron chi connectivity index (χ3n) is 1.33. The molecule has 0 aliphatic rings. The summed E-state index contributed by atoms with van der Waals surface area (Å²) in [4.78, 5) is 3.92. The summed E-state index contributed by atoms with van der Waals surface area (Å²) in [6, 6.07) is 1.95. The van der Waals surface area contributed by atoms with Gasteiger partial charge in [0.2, 0.25) is 0 Å². The summed E-state index contributed by atoms with van der Waals surface area (Å²) in [7, 11) is 0. The molecule has 0 N–H and O–H groups in total. The predicted octanol–water partition coefficient (Wildman–Crippen LogP) is 3.33. The van der Waals surface area contributed by atoms with Crippen molar-refractivity contribution in [3.05, 3.63) is 25.9 Å². The highest BCUT2D eigenvalue weighted by Crippen LogP contribution is 2.32. The van der Waals surface area contributed by atoms with E-state index in [1.807, 2.05) is 6.07 Å². The molecule has 2 nitrogen and oxygen atoms in total. The van der Waals surface area contributed by atoms with Crippen LogP contribution in [0.25, 0.3) is 0 Å². The molecule has 0 saturated carbocycles. The van der Waals surface area contributed by atoms with Gasteiger partial charge in [-0.2, -0.15) is 5.26 Å². The summed E-state index contributed by atoms with van der Waals surface area (Å²) in [5.41, 5.74) is 0.892. The summed E-state index contributed by atoms with van der Waals surface area (Å²) in [6.07, 6.45) is 0. The quantitative estimate of drug-likeness (QED) is 0.675. The van der Waals surface area contributed by atoms with Crippen LogP contribution < -0.4 is 0 Å². The molecule has 0 aromatic carbocycles. The Kier molecular flexibility index (Phi) is 2.94. The third kappa shape index (κ3) is 1.56. The molecule has 0 spiro atoms. The molecule has 0 unspecified atom stereocenters. The highest BCUT2D eigenvalue weighted by Gasteiger charge is 2.12. The number of aryl methyl sites for hydroxylation is 1. The Morgan fingerprint density at radius 2 is 2.08 bits per heavy atom. The van der Waals surface area contributed by atoms with E-state index in [0.29, 0.717) is 20.8 Å². The molecule has 1 aromatic heterocycles. The number of hydrogen-bond donors (Lipinski definition) is 0. The molecule has 5 heteroatoms. The van der Waals surface area contributed by atoms with E-state index < -0.39 is 0 Å². The van der Waals surface area contributed by atoms with Gasteiger partial charge in [0.05, 0.1) is 20.8 Å². The molecular formula is C7H3BrCl2N2. The lowest BCUT2D eigenvalue weighted by Crippen LogP contribution is -1.91. The average Bonchev–Trinajstić information content (AvgIpc) is 2.01. The fourth-order valence-electron chi connectivity index (χ4n) is 0.741. The van der Waals surface area contributed by atoms with Crippen LogP contribution in [0.15, 0.2) is 4.47 Å². The first-order chi connectivity index (χ1) is 5.57. The van der Waals surface area contributed by atoms with Crippen molar-refractivity contribution in [2.45, 2.75) is 6.92 Å². The molecule has 0 radical (unpaired) electrons. The van der Waals surface area contributed by atoms with Crippen molar-refractivity contribution < 1.29 is 0 Å². The molecule has 62 valence electrons. The van der Waals surface area contributed by atoms with Crippen molar-refractivity contribution >= 4 is 39.1 Å². The van der Waals surface area contributed by atoms with Crippen molar-refractivity contribution in [1.82, 2.24) is 4.98 Å². The standard InChI is InChI=1S/C7H3BrCl2N2/c1-3-4(2-11)6(9)5(8)7(10)12-3/h1H3. The largest absolute Gasteiger partial charge is 0.239 e. The molecular weight excluding hydrogens is 263 g/mol. The van der Waals surface area contributed by atoms with Crippen molar-refractivity contribution in [3.63, 3.8) is 0 Å². The highest BCUT2D eigenvalue weighted by molar-refractivity contribution is 9.10. The molecule has 1 heterocycles. The maximum Gasteiger partial charge on any atom is 0.145 e. The number of hydrogen-bond acceptors (Lipinski definition) is 2. The van der Waals surface area contributed by atoms with E-state index in [4.69, 9.17) is 28.5 Å². The van der Waals surface area contributed by atoms with E-state index >= 15 is 0 Å². The van der Waals surface area contributed by atoms with Gasteiger partial charge in [-0.1, -0.05) is 23.2 Å². The molecule has 1 aromatic rings. The minimum Gasteiger partial charge on any atom is -0.239 e. The van der Waals surface area contributed by atoms with Gasteiger partial charge in [-0.3, -0.25) is 0 Å². The topological polar surface area (TPSA) is 36.7 Å². The third-order valence-corrected chi connectivity index (χ3v) is 3.21. The Hall–Kier alpha value is -0.300. The first-order valence-corrected chi connectivity index (χ1v) is 4.54. The minimum atomic E-state index is 0.275. The van der Waals surface area contributed by atoms with Gasteiger partial charge >= 0.3 is 0 Å². The molecule has 0 atom stereocenters. The van der Waals surface area contributed by atoms with Crippen LogP contribution in [0, 0.1) is 18.3 Å². The minimum absolute atomic E-state index is 0.275. The number of nitriles is 1. The summed E-state index contributed by atoms with van der Waals surface area (Å²) < 4.78 is 0.466. The number of aromatic nitrogens is 1. The van der Waals surface area contributed by atoms with Crippen LogP contribution in [-0.2, 0) is 0 Å². The SMILES string of the molecule is Cc1nc(Cl)c(Br)c(Cl)c1C#N. The van der Waals surface area contributed by atoms with Crippen molar-refractivity contribution in [1.29, 1.82) is 5.26 Å². The Bertz CT molecular complexity index is 371. The van der Waals surface area contributed by atoms with Gasteiger partial charge in [0.15, 0.2) is 0 Å². The lowest BCUT2D eigenvalue weighted by atomic mass is 10.2. The van der Waals surface area contributed by atoms with Crippen LogP contribution in [0.4, 0.5) is 0 Å². The highest BCUT2D eigenvalue weighted by atomic mass is 79.9. The van der Waals surface area contributed by atoms with E-state index in [1.165, 1.54) is 0 Å². The second-order valence-electron chi connectivity index (χ2n) is 2.10. The number of halogens is 3. The second-order valence-corrected chi connectivity index (χ2v) is 3.63. The van der Waals surface area contributed by atoms with Crippen molar-refractivity contribution in [2.75, 3.05) is 0 Å². The van der Waals surface area contributed by atoms with Gasteiger partial charge in [0.1, 0.15) is 11.2 Å².